The number of hydrogen-bond acceptors (Lipinski definition) is 2. The number of nitrogens with two attached hydrogens (primary N) is 1. The Hall–Kier alpha value is 0.210. The van der Waals surface area contributed by atoms with Crippen LogP contribution in [0.3, 0.4) is 0 Å². The smallest absolute Gasteiger partial charge is 0.0492 e. The molecular weight excluding hydrogens is 138 g/mol. The molecule has 0 aromatic heterocycles. The standard InChI is InChI=1S/C5H10O.CH5N.ClH/c1-5-2-3-6-4-5;1-2;/h5H,2-4H2,1H3;2H2,1H3;1H. The van der Waals surface area contributed by atoms with E-state index in [1.165, 1.54) is 13.5 Å². The van der Waals surface area contributed by atoms with E-state index in [-0.39, 0.29) is 12.4 Å². The Balaban J connectivity index is 0. The van der Waals surface area contributed by atoms with Crippen LogP contribution >= 0.6 is 12.4 Å². The Bertz CT molecular complexity index is 46.3. The van der Waals surface area contributed by atoms with Gasteiger partial charge in [0.25, 0.3) is 0 Å². The molecule has 2 N–H and O–H groups in total. The van der Waals surface area contributed by atoms with E-state index in [1.54, 1.807) is 0 Å². The fourth-order valence-corrected chi connectivity index (χ4v) is 0.652. The Morgan fingerprint density at radius 3 is 2.11 bits per heavy atom. The average Bonchev–Trinajstić information content (AvgIpc) is 2.24. The number of rotatable bonds is 0. The van der Waals surface area contributed by atoms with E-state index in [9.17, 15) is 0 Å². The third-order valence-corrected chi connectivity index (χ3v) is 1.16. The van der Waals surface area contributed by atoms with E-state index in [2.05, 4.69) is 12.7 Å². The highest BCUT2D eigenvalue weighted by Crippen LogP contribution is 2.09. The van der Waals surface area contributed by atoms with Gasteiger partial charge >= 0.3 is 0 Å². The van der Waals surface area contributed by atoms with Crippen LogP contribution in [-0.2, 0) is 4.74 Å². The lowest BCUT2D eigenvalue weighted by Gasteiger charge is -1.89. The molecule has 1 aliphatic rings. The molecule has 1 fully saturated rings. The van der Waals surface area contributed by atoms with Crippen molar-refractivity contribution in [3.8, 4) is 0 Å². The van der Waals surface area contributed by atoms with Gasteiger partial charge in [-0.1, -0.05) is 6.92 Å². The molecule has 0 aromatic rings. The minimum Gasteiger partial charge on any atom is -0.381 e. The summed E-state index contributed by atoms with van der Waals surface area (Å²) in [7, 11) is 1.50. The summed E-state index contributed by atoms with van der Waals surface area (Å²) in [5.41, 5.74) is 4.50. The Kier molecular flexibility index (Phi) is 10.9. The molecule has 1 heterocycles. The fraction of sp³-hybridized carbons (Fsp3) is 1.00. The van der Waals surface area contributed by atoms with Gasteiger partial charge in [-0.15, -0.1) is 12.4 Å². The summed E-state index contributed by atoms with van der Waals surface area (Å²) in [5.74, 6) is 0.824. The van der Waals surface area contributed by atoms with Crippen molar-refractivity contribution >= 4 is 12.4 Å². The van der Waals surface area contributed by atoms with E-state index < -0.39 is 0 Å². The molecule has 1 atom stereocenters. The van der Waals surface area contributed by atoms with Crippen LogP contribution in [-0.4, -0.2) is 20.3 Å². The predicted octanol–water partition coefficient (Wildman–Crippen LogP) is 1.04. The number of hydrogen-bond donors (Lipinski definition) is 1. The molecule has 0 radical (unpaired) electrons. The first-order valence-electron chi connectivity index (χ1n) is 3.05. The van der Waals surface area contributed by atoms with E-state index in [4.69, 9.17) is 4.74 Å². The van der Waals surface area contributed by atoms with Gasteiger partial charge < -0.3 is 10.5 Å². The molecule has 0 saturated carbocycles. The molecule has 58 valence electrons. The molecule has 1 rings (SSSR count). The van der Waals surface area contributed by atoms with Crippen molar-refractivity contribution in [2.45, 2.75) is 13.3 Å². The molecular formula is C6H16ClNO. The predicted molar refractivity (Wildman–Crippen MR) is 42.0 cm³/mol. The van der Waals surface area contributed by atoms with Crippen LogP contribution in [0.4, 0.5) is 0 Å². The minimum atomic E-state index is 0. The highest BCUT2D eigenvalue weighted by atomic mass is 35.5. The maximum absolute atomic E-state index is 5.06. The van der Waals surface area contributed by atoms with Gasteiger partial charge in [0.2, 0.25) is 0 Å². The second kappa shape index (κ2) is 8.21. The van der Waals surface area contributed by atoms with Crippen molar-refractivity contribution in [1.82, 2.24) is 0 Å². The molecule has 1 saturated heterocycles. The topological polar surface area (TPSA) is 35.2 Å². The Labute approximate surface area is 63.2 Å². The van der Waals surface area contributed by atoms with Crippen LogP contribution in [0.2, 0.25) is 0 Å². The highest BCUT2D eigenvalue weighted by molar-refractivity contribution is 5.85. The van der Waals surface area contributed by atoms with Gasteiger partial charge in [-0.3, -0.25) is 0 Å². The summed E-state index contributed by atoms with van der Waals surface area (Å²) in [4.78, 5) is 0. The van der Waals surface area contributed by atoms with Gasteiger partial charge in [0.05, 0.1) is 0 Å². The maximum atomic E-state index is 5.06. The SMILES string of the molecule is CC1CCOC1.CN.Cl. The maximum Gasteiger partial charge on any atom is 0.0492 e. The van der Waals surface area contributed by atoms with Crippen LogP contribution in [0.15, 0.2) is 0 Å². The Morgan fingerprint density at radius 2 is 2.00 bits per heavy atom. The fourth-order valence-electron chi connectivity index (χ4n) is 0.652. The van der Waals surface area contributed by atoms with Crippen LogP contribution in [0.25, 0.3) is 0 Å². The molecule has 9 heavy (non-hydrogen) atoms. The van der Waals surface area contributed by atoms with E-state index in [0.29, 0.717) is 0 Å². The molecule has 0 spiro atoms. The zero-order chi connectivity index (χ0) is 6.41. The molecule has 2 nitrogen and oxygen atoms in total. The second-order valence-electron chi connectivity index (χ2n) is 1.97. The molecule has 0 aliphatic carbocycles. The third-order valence-electron chi connectivity index (χ3n) is 1.16. The summed E-state index contributed by atoms with van der Waals surface area (Å²) >= 11 is 0. The molecule has 1 aliphatic heterocycles. The first-order valence-corrected chi connectivity index (χ1v) is 3.05. The lowest BCUT2D eigenvalue weighted by Crippen LogP contribution is -1.88. The van der Waals surface area contributed by atoms with Crippen molar-refractivity contribution in [2.75, 3.05) is 20.3 Å². The zero-order valence-corrected chi connectivity index (χ0v) is 6.91. The first-order chi connectivity index (χ1) is 3.89. The van der Waals surface area contributed by atoms with Crippen molar-refractivity contribution in [3.63, 3.8) is 0 Å². The molecule has 3 heteroatoms. The van der Waals surface area contributed by atoms with E-state index >= 15 is 0 Å². The van der Waals surface area contributed by atoms with Crippen molar-refractivity contribution in [1.29, 1.82) is 0 Å². The number of halogens is 1. The lowest BCUT2D eigenvalue weighted by atomic mass is 10.2. The molecule has 0 aromatic carbocycles. The highest BCUT2D eigenvalue weighted by Gasteiger charge is 2.07. The summed E-state index contributed by atoms with van der Waals surface area (Å²) in [5, 5.41) is 0. The quantitative estimate of drug-likeness (QED) is 0.565. The van der Waals surface area contributed by atoms with Crippen LogP contribution in [0.5, 0.6) is 0 Å². The second-order valence-corrected chi connectivity index (χ2v) is 1.97. The van der Waals surface area contributed by atoms with E-state index in [1.807, 2.05) is 0 Å². The summed E-state index contributed by atoms with van der Waals surface area (Å²) < 4.78 is 5.06. The number of ether oxygens (including phenoxy) is 1. The van der Waals surface area contributed by atoms with Gasteiger partial charge in [-0.05, 0) is 19.4 Å². The average molecular weight is 154 g/mol. The summed E-state index contributed by atoms with van der Waals surface area (Å²) in [6.45, 7) is 4.19. The van der Waals surface area contributed by atoms with Gasteiger partial charge in [0.15, 0.2) is 0 Å². The van der Waals surface area contributed by atoms with Crippen molar-refractivity contribution < 1.29 is 4.74 Å². The molecule has 0 bridgehead atoms. The Morgan fingerprint density at radius 1 is 1.44 bits per heavy atom. The largest absolute Gasteiger partial charge is 0.381 e. The van der Waals surface area contributed by atoms with Gasteiger partial charge in [-0.2, -0.15) is 0 Å². The minimum absolute atomic E-state index is 0. The lowest BCUT2D eigenvalue weighted by molar-refractivity contribution is 0.188. The van der Waals surface area contributed by atoms with Gasteiger partial charge in [0.1, 0.15) is 0 Å². The molecule has 1 unspecified atom stereocenters. The van der Waals surface area contributed by atoms with Crippen LogP contribution in [0.1, 0.15) is 13.3 Å². The van der Waals surface area contributed by atoms with Gasteiger partial charge in [0, 0.05) is 13.2 Å². The molecule has 0 amide bonds. The normalized spacial score (nSPS) is 23.7. The monoisotopic (exact) mass is 153 g/mol. The third kappa shape index (κ3) is 6.09. The van der Waals surface area contributed by atoms with E-state index in [0.717, 1.165) is 19.1 Å². The van der Waals surface area contributed by atoms with Crippen molar-refractivity contribution in [2.24, 2.45) is 11.7 Å². The summed E-state index contributed by atoms with van der Waals surface area (Å²) in [6.07, 6.45) is 1.26. The van der Waals surface area contributed by atoms with Crippen LogP contribution in [0, 0.1) is 5.92 Å². The van der Waals surface area contributed by atoms with Gasteiger partial charge in [-0.25, -0.2) is 0 Å². The van der Waals surface area contributed by atoms with Crippen molar-refractivity contribution in [3.05, 3.63) is 0 Å². The first kappa shape index (κ1) is 11.9. The van der Waals surface area contributed by atoms with Crippen LogP contribution < -0.4 is 5.73 Å². The zero-order valence-electron chi connectivity index (χ0n) is 6.09. The summed E-state index contributed by atoms with van der Waals surface area (Å²) in [6, 6.07) is 0.